The van der Waals surface area contributed by atoms with Crippen molar-refractivity contribution in [2.75, 3.05) is 7.11 Å². The summed E-state index contributed by atoms with van der Waals surface area (Å²) in [5, 5.41) is 0. The first-order valence-corrected chi connectivity index (χ1v) is 5.51. The van der Waals surface area contributed by atoms with Crippen LogP contribution in [0.15, 0.2) is 42.3 Å². The van der Waals surface area contributed by atoms with Gasteiger partial charge in [0.1, 0.15) is 0 Å². The molecule has 0 saturated heterocycles. The van der Waals surface area contributed by atoms with Gasteiger partial charge in [-0.1, -0.05) is 18.2 Å². The fourth-order valence-corrected chi connectivity index (χ4v) is 1.52. The minimum Gasteiger partial charge on any atom is -0.465 e. The maximum Gasteiger partial charge on any atom is 0.339 e. The molecule has 0 saturated carbocycles. The number of ether oxygens (including phenoxy) is 1. The van der Waals surface area contributed by atoms with Crippen LogP contribution in [0.5, 0.6) is 0 Å². The highest BCUT2D eigenvalue weighted by atomic mass is 16.5. The first-order valence-electron chi connectivity index (χ1n) is 5.51. The average molecular weight is 231 g/mol. The molecule has 1 aromatic heterocycles. The van der Waals surface area contributed by atoms with E-state index in [1.807, 2.05) is 38.1 Å². The van der Waals surface area contributed by atoms with Gasteiger partial charge in [0.15, 0.2) is 0 Å². The average Bonchev–Trinajstić information content (AvgIpc) is 2.37. The van der Waals surface area contributed by atoms with Crippen LogP contribution in [-0.4, -0.2) is 18.1 Å². The van der Waals surface area contributed by atoms with Crippen LogP contribution in [0.2, 0.25) is 0 Å². The zero-order valence-electron chi connectivity index (χ0n) is 10.4. The molecule has 0 bridgehead atoms. The van der Waals surface area contributed by atoms with Crippen molar-refractivity contribution < 1.29 is 9.53 Å². The van der Waals surface area contributed by atoms with Crippen LogP contribution >= 0.6 is 0 Å². The maximum atomic E-state index is 11.4. The molecule has 0 aliphatic rings. The number of carbonyl (C=O) groups excluding carboxylic acids is 1. The molecular weight excluding hydrogens is 214 g/mol. The number of methoxy groups -OCH3 is 1. The summed E-state index contributed by atoms with van der Waals surface area (Å²) < 4.78 is 4.66. The second-order valence-corrected chi connectivity index (χ2v) is 3.61. The summed E-state index contributed by atoms with van der Waals surface area (Å²) in [6.07, 6.45) is 10.1. The third-order valence-electron chi connectivity index (χ3n) is 2.38. The molecule has 0 aromatic carbocycles. The van der Waals surface area contributed by atoms with Crippen molar-refractivity contribution in [1.82, 2.24) is 4.98 Å². The zero-order chi connectivity index (χ0) is 12.7. The van der Waals surface area contributed by atoms with Crippen molar-refractivity contribution in [2.45, 2.75) is 20.3 Å². The molecular formula is C14H17NO2. The molecule has 0 radical (unpaired) electrons. The van der Waals surface area contributed by atoms with Gasteiger partial charge in [-0.2, -0.15) is 0 Å². The van der Waals surface area contributed by atoms with Gasteiger partial charge in [-0.05, 0) is 37.5 Å². The van der Waals surface area contributed by atoms with Crippen molar-refractivity contribution in [3.05, 3.63) is 53.4 Å². The Labute approximate surface area is 102 Å². The third-order valence-corrected chi connectivity index (χ3v) is 2.38. The van der Waals surface area contributed by atoms with Gasteiger partial charge in [0, 0.05) is 12.4 Å². The Morgan fingerprint density at radius 2 is 2.18 bits per heavy atom. The lowest BCUT2D eigenvalue weighted by molar-refractivity contribution is 0.0600. The number of carbonyl (C=O) groups is 1. The van der Waals surface area contributed by atoms with Crippen molar-refractivity contribution in [1.29, 1.82) is 0 Å². The summed E-state index contributed by atoms with van der Waals surface area (Å²) in [6.45, 7) is 3.97. The van der Waals surface area contributed by atoms with Gasteiger partial charge >= 0.3 is 5.97 Å². The van der Waals surface area contributed by atoms with E-state index in [4.69, 9.17) is 0 Å². The summed E-state index contributed by atoms with van der Waals surface area (Å²) in [7, 11) is 1.37. The fourth-order valence-electron chi connectivity index (χ4n) is 1.52. The Kier molecular flexibility index (Phi) is 5.14. The monoisotopic (exact) mass is 231 g/mol. The normalized spacial score (nSPS) is 11.8. The van der Waals surface area contributed by atoms with E-state index in [0.717, 1.165) is 12.0 Å². The molecule has 0 fully saturated rings. The number of hydrogen-bond donors (Lipinski definition) is 0. The molecule has 0 spiro atoms. The van der Waals surface area contributed by atoms with Gasteiger partial charge in [0.05, 0.1) is 12.7 Å². The highest BCUT2D eigenvalue weighted by Gasteiger charge is 2.06. The van der Waals surface area contributed by atoms with Gasteiger partial charge < -0.3 is 4.74 Å². The fraction of sp³-hybridized carbons (Fsp3) is 0.286. The molecule has 3 nitrogen and oxygen atoms in total. The van der Waals surface area contributed by atoms with E-state index < -0.39 is 0 Å². The quantitative estimate of drug-likeness (QED) is 0.590. The molecule has 1 heterocycles. The van der Waals surface area contributed by atoms with Gasteiger partial charge in [-0.25, -0.2) is 4.79 Å². The number of pyridine rings is 1. The van der Waals surface area contributed by atoms with Gasteiger partial charge in [0.2, 0.25) is 0 Å². The third kappa shape index (κ3) is 3.87. The van der Waals surface area contributed by atoms with Crippen molar-refractivity contribution >= 4 is 5.97 Å². The lowest BCUT2D eigenvalue weighted by Gasteiger charge is -2.04. The lowest BCUT2D eigenvalue weighted by atomic mass is 10.0. The summed E-state index contributed by atoms with van der Waals surface area (Å²) in [4.78, 5) is 15.4. The van der Waals surface area contributed by atoms with Crippen LogP contribution in [-0.2, 0) is 11.2 Å². The minimum absolute atomic E-state index is 0.354. The Morgan fingerprint density at radius 3 is 2.76 bits per heavy atom. The van der Waals surface area contributed by atoms with Crippen LogP contribution in [0.25, 0.3) is 0 Å². The Morgan fingerprint density at radius 1 is 1.41 bits per heavy atom. The molecule has 0 unspecified atom stereocenters. The maximum absolute atomic E-state index is 11.4. The number of allylic oxidation sites excluding steroid dienone is 4. The van der Waals surface area contributed by atoms with E-state index in [9.17, 15) is 4.79 Å². The van der Waals surface area contributed by atoms with Gasteiger partial charge in [0.25, 0.3) is 0 Å². The number of hydrogen-bond acceptors (Lipinski definition) is 3. The molecule has 3 heteroatoms. The first kappa shape index (κ1) is 13.2. The van der Waals surface area contributed by atoms with Crippen LogP contribution in [0.3, 0.4) is 0 Å². The number of aromatic nitrogens is 1. The van der Waals surface area contributed by atoms with Crippen LogP contribution in [0.1, 0.15) is 29.8 Å². The molecule has 0 aliphatic carbocycles. The van der Waals surface area contributed by atoms with Crippen molar-refractivity contribution in [3.8, 4) is 0 Å². The molecule has 1 aromatic rings. The number of rotatable bonds is 4. The Balaban J connectivity index is 2.89. The van der Waals surface area contributed by atoms with E-state index in [1.165, 1.54) is 18.9 Å². The Hall–Kier alpha value is -1.90. The van der Waals surface area contributed by atoms with E-state index >= 15 is 0 Å². The summed E-state index contributed by atoms with van der Waals surface area (Å²) in [6, 6.07) is 1.81. The Bertz CT molecular complexity index is 447. The predicted molar refractivity (Wildman–Crippen MR) is 67.9 cm³/mol. The minimum atomic E-state index is -0.354. The summed E-state index contributed by atoms with van der Waals surface area (Å²) >= 11 is 0. The van der Waals surface area contributed by atoms with Crippen LogP contribution in [0.4, 0.5) is 0 Å². The van der Waals surface area contributed by atoms with E-state index in [2.05, 4.69) is 9.72 Å². The first-order chi connectivity index (χ1) is 8.21. The van der Waals surface area contributed by atoms with Gasteiger partial charge in [-0.3, -0.25) is 4.98 Å². The molecule has 0 aliphatic heterocycles. The van der Waals surface area contributed by atoms with E-state index in [-0.39, 0.29) is 5.97 Å². The predicted octanol–water partition coefficient (Wildman–Crippen LogP) is 2.93. The SMILES string of the molecule is C/C=C\C(=C/C)Cc1cncc(C(=O)OC)c1. The smallest absolute Gasteiger partial charge is 0.339 e. The van der Waals surface area contributed by atoms with E-state index in [1.54, 1.807) is 6.20 Å². The molecule has 17 heavy (non-hydrogen) atoms. The van der Waals surface area contributed by atoms with Crippen molar-refractivity contribution in [3.63, 3.8) is 0 Å². The lowest BCUT2D eigenvalue weighted by Crippen LogP contribution is -2.03. The molecule has 1 rings (SSSR count). The summed E-state index contributed by atoms with van der Waals surface area (Å²) in [5.41, 5.74) is 2.68. The topological polar surface area (TPSA) is 39.2 Å². The second-order valence-electron chi connectivity index (χ2n) is 3.61. The summed E-state index contributed by atoms with van der Waals surface area (Å²) in [5.74, 6) is -0.354. The molecule has 0 amide bonds. The standard InChI is InChI=1S/C14H17NO2/c1-4-6-11(5-2)7-12-8-13(10-15-9-12)14(16)17-3/h4-6,8-10H,7H2,1-3H3/b6-4-,11-5+. The number of nitrogens with zero attached hydrogens (tertiary/aromatic N) is 1. The number of esters is 1. The van der Waals surface area contributed by atoms with Crippen LogP contribution in [0, 0.1) is 0 Å². The van der Waals surface area contributed by atoms with E-state index in [0.29, 0.717) is 5.56 Å². The van der Waals surface area contributed by atoms with Gasteiger partial charge in [-0.15, -0.1) is 0 Å². The van der Waals surface area contributed by atoms with Crippen molar-refractivity contribution in [2.24, 2.45) is 0 Å². The highest BCUT2D eigenvalue weighted by Crippen LogP contribution is 2.11. The zero-order valence-corrected chi connectivity index (χ0v) is 10.4. The molecule has 0 atom stereocenters. The van der Waals surface area contributed by atoms with Crippen LogP contribution < -0.4 is 0 Å². The second kappa shape index (κ2) is 6.63. The molecule has 0 N–H and O–H groups in total. The largest absolute Gasteiger partial charge is 0.465 e. The molecule has 90 valence electrons. The highest BCUT2D eigenvalue weighted by molar-refractivity contribution is 5.89.